The smallest absolute Gasteiger partial charge is 0.393 e. The number of aliphatic hydroxyl groups is 1. The van der Waals surface area contributed by atoms with Crippen LogP contribution in [0.3, 0.4) is 0 Å². The van der Waals surface area contributed by atoms with Crippen LogP contribution in [0.1, 0.15) is 74.1 Å². The van der Waals surface area contributed by atoms with Gasteiger partial charge in [-0.25, -0.2) is 0 Å². The molecule has 6 nitrogen and oxygen atoms in total. The molecule has 2 rings (SSSR count). The third kappa shape index (κ3) is 14.1. The first-order valence-corrected chi connectivity index (χ1v) is 15.6. The Morgan fingerprint density at radius 1 is 0.933 bits per heavy atom. The first kappa shape index (κ1) is 39.1. The molecule has 0 radical (unpaired) electrons. The van der Waals surface area contributed by atoms with Gasteiger partial charge in [0.15, 0.2) is 0 Å². The molecular weight excluding hydrogens is 647 g/mol. The van der Waals surface area contributed by atoms with Crippen molar-refractivity contribution in [3.05, 3.63) is 68.7 Å². The largest absolute Gasteiger partial charge is 0.416 e. The summed E-state index contributed by atoms with van der Waals surface area (Å²) in [5, 5.41) is 20.9. The van der Waals surface area contributed by atoms with E-state index < -0.39 is 36.0 Å². The number of aliphatic hydroxyl groups excluding tert-OH is 1. The monoisotopic (exact) mass is 687 g/mol. The van der Waals surface area contributed by atoms with Gasteiger partial charge in [-0.05, 0) is 73.8 Å². The highest BCUT2D eigenvalue weighted by Gasteiger charge is 2.37. The van der Waals surface area contributed by atoms with E-state index in [1.165, 1.54) is 0 Å². The van der Waals surface area contributed by atoms with Gasteiger partial charge in [0.25, 0.3) is 0 Å². The van der Waals surface area contributed by atoms with E-state index in [1.807, 2.05) is 0 Å². The topological polar surface area (TPSA) is 75.1 Å². The molecule has 0 bridgehead atoms. The number of ether oxygens (including phenoxy) is 1. The molecule has 0 saturated carbocycles. The van der Waals surface area contributed by atoms with E-state index in [9.17, 15) is 31.4 Å². The van der Waals surface area contributed by atoms with Crippen LogP contribution >= 0.6 is 23.2 Å². The van der Waals surface area contributed by atoms with Crippen LogP contribution in [0.2, 0.25) is 10.0 Å². The molecule has 0 heterocycles. The molecule has 0 aromatic heterocycles. The third-order valence-corrected chi connectivity index (χ3v) is 7.72. The SMILES string of the molecule is CCCCCNC(CC)CNCCC(/C(COCc1cc(C(F)(F)F)cc(C(F)(F)F)c1)=N/OCCO)c1ccc(Cl)c(Cl)c1. The summed E-state index contributed by atoms with van der Waals surface area (Å²) in [5.74, 6) is -0.476. The first-order chi connectivity index (χ1) is 21.3. The Kier molecular flexibility index (Phi) is 17.0. The van der Waals surface area contributed by atoms with Crippen molar-refractivity contribution in [3.63, 3.8) is 0 Å². The van der Waals surface area contributed by atoms with E-state index in [0.717, 1.165) is 32.2 Å². The summed E-state index contributed by atoms with van der Waals surface area (Å²) in [5.41, 5.74) is -2.17. The van der Waals surface area contributed by atoms with Gasteiger partial charge in [-0.2, -0.15) is 26.3 Å². The molecule has 0 aliphatic carbocycles. The summed E-state index contributed by atoms with van der Waals surface area (Å²) in [6.45, 7) is 5.09. The second-order valence-electron chi connectivity index (χ2n) is 10.5. The molecule has 0 saturated heterocycles. The molecule has 3 N–H and O–H groups in total. The highest BCUT2D eigenvalue weighted by molar-refractivity contribution is 6.42. The second kappa shape index (κ2) is 19.5. The van der Waals surface area contributed by atoms with Crippen LogP contribution in [0.4, 0.5) is 26.3 Å². The van der Waals surface area contributed by atoms with Crippen LogP contribution < -0.4 is 10.6 Å². The maximum absolute atomic E-state index is 13.3. The summed E-state index contributed by atoms with van der Waals surface area (Å²) in [7, 11) is 0. The van der Waals surface area contributed by atoms with Gasteiger partial charge in [-0.15, -0.1) is 0 Å². The number of rotatable bonds is 20. The molecular formula is C31H41Cl2F6N3O3. The maximum atomic E-state index is 13.3. The van der Waals surface area contributed by atoms with Crippen molar-refractivity contribution >= 4 is 28.9 Å². The fourth-order valence-electron chi connectivity index (χ4n) is 4.56. The zero-order chi connectivity index (χ0) is 33.5. The van der Waals surface area contributed by atoms with E-state index in [4.69, 9.17) is 32.8 Å². The van der Waals surface area contributed by atoms with Crippen LogP contribution in [0, 0.1) is 0 Å². The zero-order valence-electron chi connectivity index (χ0n) is 25.3. The average Bonchev–Trinajstić information content (AvgIpc) is 2.98. The number of halogens is 8. The summed E-state index contributed by atoms with van der Waals surface area (Å²) in [6, 6.07) is 6.58. The van der Waals surface area contributed by atoms with Gasteiger partial charge in [-0.3, -0.25) is 0 Å². The van der Waals surface area contributed by atoms with Crippen molar-refractivity contribution in [1.82, 2.24) is 10.6 Å². The summed E-state index contributed by atoms with van der Waals surface area (Å²) in [4.78, 5) is 5.23. The van der Waals surface area contributed by atoms with Gasteiger partial charge in [0.05, 0.1) is 46.7 Å². The molecule has 14 heteroatoms. The number of unbranched alkanes of at least 4 members (excludes halogenated alkanes) is 2. The average molecular weight is 689 g/mol. The minimum absolute atomic E-state index is 0.0657. The summed E-state index contributed by atoms with van der Waals surface area (Å²) in [6.07, 6.45) is -5.17. The molecule has 2 unspecified atom stereocenters. The number of benzene rings is 2. The fourth-order valence-corrected chi connectivity index (χ4v) is 4.86. The van der Waals surface area contributed by atoms with Crippen LogP contribution in [-0.4, -0.2) is 56.3 Å². The lowest BCUT2D eigenvalue weighted by Crippen LogP contribution is -2.39. The Bertz CT molecular complexity index is 1170. The van der Waals surface area contributed by atoms with Crippen LogP contribution in [0.15, 0.2) is 41.6 Å². The molecule has 0 aliphatic rings. The lowest BCUT2D eigenvalue weighted by Gasteiger charge is -2.22. The Balaban J connectivity index is 2.25. The molecule has 2 atom stereocenters. The van der Waals surface area contributed by atoms with Crippen molar-refractivity contribution in [2.75, 3.05) is 39.5 Å². The van der Waals surface area contributed by atoms with Crippen LogP contribution in [-0.2, 0) is 28.5 Å². The fraction of sp³-hybridized carbons (Fsp3) is 0.581. The number of oxime groups is 1. The van der Waals surface area contributed by atoms with Crippen molar-refractivity contribution in [2.24, 2.45) is 5.16 Å². The van der Waals surface area contributed by atoms with E-state index >= 15 is 0 Å². The Morgan fingerprint density at radius 2 is 1.62 bits per heavy atom. The lowest BCUT2D eigenvalue weighted by molar-refractivity contribution is -0.143. The summed E-state index contributed by atoms with van der Waals surface area (Å²) >= 11 is 12.4. The molecule has 2 aromatic carbocycles. The van der Waals surface area contributed by atoms with Crippen LogP contribution in [0.5, 0.6) is 0 Å². The highest BCUT2D eigenvalue weighted by atomic mass is 35.5. The molecule has 0 aliphatic heterocycles. The molecule has 0 spiro atoms. The van der Waals surface area contributed by atoms with Crippen molar-refractivity contribution in [3.8, 4) is 0 Å². The molecule has 0 amide bonds. The van der Waals surface area contributed by atoms with Gasteiger partial charge in [-0.1, -0.05) is 61.1 Å². The minimum atomic E-state index is -4.98. The first-order valence-electron chi connectivity index (χ1n) is 14.8. The van der Waals surface area contributed by atoms with Gasteiger partial charge in [0, 0.05) is 18.5 Å². The number of alkyl halides is 6. The molecule has 45 heavy (non-hydrogen) atoms. The zero-order valence-corrected chi connectivity index (χ0v) is 26.9. The van der Waals surface area contributed by atoms with E-state index in [2.05, 4.69) is 29.6 Å². The van der Waals surface area contributed by atoms with E-state index in [-0.39, 0.29) is 42.5 Å². The highest BCUT2D eigenvalue weighted by Crippen LogP contribution is 2.36. The molecule has 254 valence electrons. The Morgan fingerprint density at radius 3 is 2.20 bits per heavy atom. The number of hydrogen-bond acceptors (Lipinski definition) is 6. The number of nitrogens with zero attached hydrogens (tertiary/aromatic N) is 1. The summed E-state index contributed by atoms with van der Waals surface area (Å²) < 4.78 is 85.6. The van der Waals surface area contributed by atoms with Gasteiger partial charge in [0.2, 0.25) is 0 Å². The van der Waals surface area contributed by atoms with Crippen molar-refractivity contribution in [1.29, 1.82) is 0 Å². The second-order valence-corrected chi connectivity index (χ2v) is 11.3. The quantitative estimate of drug-likeness (QED) is 0.0566. The molecule has 0 fully saturated rings. The van der Waals surface area contributed by atoms with Crippen molar-refractivity contribution < 1.29 is 41.0 Å². The van der Waals surface area contributed by atoms with Gasteiger partial charge < -0.3 is 25.3 Å². The van der Waals surface area contributed by atoms with Crippen LogP contribution in [0.25, 0.3) is 0 Å². The molecule has 2 aromatic rings. The normalized spacial score (nSPS) is 14.1. The number of hydrogen-bond donors (Lipinski definition) is 3. The third-order valence-electron chi connectivity index (χ3n) is 6.99. The van der Waals surface area contributed by atoms with Gasteiger partial charge >= 0.3 is 12.4 Å². The standard InChI is InChI=1S/C31H41Cl2F6N3O3/c1-3-5-6-10-41-25(4-2)18-40-11-9-26(22-7-8-27(32)28(33)16-22)29(42-45-13-12-43)20-44-19-21-14-23(30(34,35)36)17-24(15-21)31(37,38)39/h7-8,14-17,25-26,40-41,43H,3-6,9-13,18-20H2,1-2H3/b42-29+. The van der Waals surface area contributed by atoms with E-state index in [0.29, 0.717) is 47.9 Å². The van der Waals surface area contributed by atoms with Gasteiger partial charge in [0.1, 0.15) is 6.61 Å². The maximum Gasteiger partial charge on any atom is 0.416 e. The predicted octanol–water partition coefficient (Wildman–Crippen LogP) is 8.23. The van der Waals surface area contributed by atoms with Crippen molar-refractivity contribution in [2.45, 2.75) is 76.9 Å². The predicted molar refractivity (Wildman–Crippen MR) is 165 cm³/mol. The number of nitrogens with one attached hydrogen (secondary N) is 2. The lowest BCUT2D eigenvalue weighted by atomic mass is 9.91. The Labute approximate surface area is 270 Å². The van der Waals surface area contributed by atoms with E-state index in [1.54, 1.807) is 18.2 Å². The Hall–Kier alpha value is -2.09. The minimum Gasteiger partial charge on any atom is -0.393 e.